The average Bonchev–Trinajstić information content (AvgIpc) is 3.03. The third kappa shape index (κ3) is 4.29. The van der Waals surface area contributed by atoms with Crippen LogP contribution in [-0.2, 0) is 0 Å². The zero-order chi connectivity index (χ0) is 32.4. The van der Waals surface area contributed by atoms with Crippen LogP contribution in [0.4, 0.5) is 43.9 Å². The van der Waals surface area contributed by atoms with Gasteiger partial charge in [-0.3, -0.25) is 0 Å². The van der Waals surface area contributed by atoms with Gasteiger partial charge in [0.1, 0.15) is 0 Å². The largest absolute Gasteiger partial charge is 0.493 e. The molecule has 5 rings (SSSR count). The summed E-state index contributed by atoms with van der Waals surface area (Å²) in [6, 6.07) is 4.15. The van der Waals surface area contributed by atoms with Crippen molar-refractivity contribution in [3.05, 3.63) is 116 Å². The Kier molecular flexibility index (Phi) is 7.80. The molecule has 44 heavy (non-hydrogen) atoms. The second-order valence-electron chi connectivity index (χ2n) is 9.51. The lowest BCUT2D eigenvalue weighted by Crippen LogP contribution is -2.25. The maximum atomic E-state index is 15.4. The molecule has 0 bridgehead atoms. The Bertz CT molecular complexity index is 1590. The SMILES string of the molecule is COc1cc2c(cc1OC)C(c1c(F)c(F)c(F)c(F)c1F)c1cc(OC)c(OC)cc1C2c1c(F)c(F)c(F)c(F)c1F. The molecule has 1 aliphatic rings. The van der Waals surface area contributed by atoms with Crippen molar-refractivity contribution < 1.29 is 62.9 Å². The van der Waals surface area contributed by atoms with E-state index in [1.54, 1.807) is 0 Å². The van der Waals surface area contributed by atoms with Crippen LogP contribution < -0.4 is 18.9 Å². The maximum Gasteiger partial charge on any atom is 0.200 e. The summed E-state index contributed by atoms with van der Waals surface area (Å²) in [6.07, 6.45) is 0. The van der Waals surface area contributed by atoms with Gasteiger partial charge < -0.3 is 18.9 Å². The van der Waals surface area contributed by atoms with Crippen molar-refractivity contribution in [1.82, 2.24) is 0 Å². The third-order valence-electron chi connectivity index (χ3n) is 7.49. The van der Waals surface area contributed by atoms with E-state index in [4.69, 9.17) is 18.9 Å². The van der Waals surface area contributed by atoms with E-state index < -0.39 is 81.1 Å². The second kappa shape index (κ2) is 11.1. The predicted molar refractivity (Wildman–Crippen MR) is 133 cm³/mol. The Morgan fingerprint density at radius 1 is 0.341 bits per heavy atom. The quantitative estimate of drug-likeness (QED) is 0.109. The van der Waals surface area contributed by atoms with E-state index in [1.165, 1.54) is 0 Å². The number of hydrogen-bond donors (Lipinski definition) is 0. The van der Waals surface area contributed by atoms with Crippen LogP contribution in [0.1, 0.15) is 45.2 Å². The molecule has 0 fully saturated rings. The summed E-state index contributed by atoms with van der Waals surface area (Å²) >= 11 is 0. The number of hydrogen-bond acceptors (Lipinski definition) is 4. The molecule has 0 saturated carbocycles. The van der Waals surface area contributed by atoms with Crippen molar-refractivity contribution >= 4 is 0 Å². The van der Waals surface area contributed by atoms with Crippen molar-refractivity contribution in [3.8, 4) is 23.0 Å². The van der Waals surface area contributed by atoms with Gasteiger partial charge in [-0.2, -0.15) is 0 Å². The molecule has 0 heterocycles. The van der Waals surface area contributed by atoms with Crippen molar-refractivity contribution in [1.29, 1.82) is 0 Å². The molecule has 0 aromatic heterocycles. The fourth-order valence-corrected chi connectivity index (χ4v) is 5.53. The Labute approximate surface area is 242 Å². The summed E-state index contributed by atoms with van der Waals surface area (Å²) in [6.45, 7) is 0. The summed E-state index contributed by atoms with van der Waals surface area (Å²) in [5, 5.41) is 0. The first kappa shape index (κ1) is 30.8. The van der Waals surface area contributed by atoms with E-state index in [2.05, 4.69) is 0 Å². The van der Waals surface area contributed by atoms with E-state index in [-0.39, 0.29) is 45.3 Å². The molecule has 232 valence electrons. The number of benzene rings is 4. The standard InChI is InChI=1S/C30H18F10O4/c1-41-13-5-9-10(6-14(13)42-2)18(20-23(33)27(37)30(40)28(38)24(20)34)12-8-16(44-4)15(43-3)7-11(12)17(9)19-21(31)25(35)29(39)26(36)22(19)32/h5-8,17-18H,1-4H3. The normalized spacial score (nSPS) is 15.5. The van der Waals surface area contributed by atoms with Crippen LogP contribution in [0, 0.1) is 58.2 Å². The van der Waals surface area contributed by atoms with Crippen LogP contribution in [0.5, 0.6) is 23.0 Å². The third-order valence-corrected chi connectivity index (χ3v) is 7.49. The molecule has 4 aromatic carbocycles. The molecule has 0 radical (unpaired) electrons. The van der Waals surface area contributed by atoms with Crippen LogP contribution in [0.15, 0.2) is 24.3 Å². The highest BCUT2D eigenvalue weighted by Gasteiger charge is 2.44. The fourth-order valence-electron chi connectivity index (χ4n) is 5.53. The molecule has 14 heteroatoms. The highest BCUT2D eigenvalue weighted by molar-refractivity contribution is 5.67. The molecular formula is C30H18F10O4. The first-order valence-corrected chi connectivity index (χ1v) is 12.4. The smallest absolute Gasteiger partial charge is 0.200 e. The van der Waals surface area contributed by atoms with E-state index in [1.807, 2.05) is 0 Å². The molecule has 0 spiro atoms. The zero-order valence-electron chi connectivity index (χ0n) is 22.9. The van der Waals surface area contributed by atoms with Gasteiger partial charge in [-0.25, -0.2) is 43.9 Å². The van der Waals surface area contributed by atoms with Gasteiger partial charge in [-0.05, 0) is 46.5 Å². The number of ether oxygens (including phenoxy) is 4. The minimum absolute atomic E-state index is 0.166. The Morgan fingerprint density at radius 3 is 0.705 bits per heavy atom. The Balaban J connectivity index is 2.04. The van der Waals surface area contributed by atoms with Gasteiger partial charge in [0.25, 0.3) is 0 Å². The van der Waals surface area contributed by atoms with Gasteiger partial charge >= 0.3 is 0 Å². The number of rotatable bonds is 6. The summed E-state index contributed by atoms with van der Waals surface area (Å²) in [7, 11) is 4.57. The van der Waals surface area contributed by atoms with Crippen LogP contribution in [0.2, 0.25) is 0 Å². The molecule has 0 N–H and O–H groups in total. The van der Waals surface area contributed by atoms with Crippen LogP contribution in [0.3, 0.4) is 0 Å². The van der Waals surface area contributed by atoms with Gasteiger partial charge in [0.15, 0.2) is 69.5 Å². The molecular weight excluding hydrogens is 614 g/mol. The first-order valence-electron chi connectivity index (χ1n) is 12.4. The molecule has 0 atom stereocenters. The lowest BCUT2D eigenvalue weighted by molar-refractivity contribution is 0.350. The minimum Gasteiger partial charge on any atom is -0.493 e. The fraction of sp³-hybridized carbons (Fsp3) is 0.200. The van der Waals surface area contributed by atoms with E-state index >= 15 is 17.6 Å². The summed E-state index contributed by atoms with van der Waals surface area (Å²) in [4.78, 5) is 0. The van der Waals surface area contributed by atoms with Gasteiger partial charge in [0, 0.05) is 23.0 Å². The van der Waals surface area contributed by atoms with Crippen LogP contribution in [0.25, 0.3) is 0 Å². The van der Waals surface area contributed by atoms with Crippen molar-refractivity contribution in [3.63, 3.8) is 0 Å². The second-order valence-corrected chi connectivity index (χ2v) is 9.51. The van der Waals surface area contributed by atoms with Crippen LogP contribution in [-0.4, -0.2) is 28.4 Å². The lowest BCUT2D eigenvalue weighted by Gasteiger charge is -2.36. The van der Waals surface area contributed by atoms with Crippen molar-refractivity contribution in [2.75, 3.05) is 28.4 Å². The van der Waals surface area contributed by atoms with E-state index in [0.717, 1.165) is 52.7 Å². The number of fused-ring (bicyclic) bond motifs is 2. The lowest BCUT2D eigenvalue weighted by atomic mass is 9.67. The molecule has 0 unspecified atom stereocenters. The molecule has 0 amide bonds. The highest BCUT2D eigenvalue weighted by Crippen LogP contribution is 2.55. The molecule has 1 aliphatic carbocycles. The Hall–Kier alpha value is -4.62. The van der Waals surface area contributed by atoms with Gasteiger partial charge in [0.2, 0.25) is 11.6 Å². The molecule has 0 saturated heterocycles. The van der Waals surface area contributed by atoms with Gasteiger partial charge in [-0.15, -0.1) is 0 Å². The summed E-state index contributed by atoms with van der Waals surface area (Å²) < 4.78 is 169. The minimum atomic E-state index is -2.45. The van der Waals surface area contributed by atoms with E-state index in [0.29, 0.717) is 0 Å². The summed E-state index contributed by atoms with van der Waals surface area (Å²) in [5.74, 6) is -27.5. The zero-order valence-corrected chi connectivity index (χ0v) is 22.9. The predicted octanol–water partition coefficient (Wildman–Crippen LogP) is 7.79. The monoisotopic (exact) mass is 632 g/mol. The van der Waals surface area contributed by atoms with Crippen LogP contribution >= 0.6 is 0 Å². The topological polar surface area (TPSA) is 36.9 Å². The highest BCUT2D eigenvalue weighted by atomic mass is 19.2. The number of methoxy groups -OCH3 is 4. The molecule has 4 nitrogen and oxygen atoms in total. The first-order chi connectivity index (χ1) is 20.8. The summed E-state index contributed by atoms with van der Waals surface area (Å²) in [5.41, 5.74) is -4.25. The Morgan fingerprint density at radius 2 is 0.523 bits per heavy atom. The molecule has 4 aromatic rings. The van der Waals surface area contributed by atoms with E-state index in [9.17, 15) is 26.3 Å². The maximum absolute atomic E-state index is 15.4. The van der Waals surface area contributed by atoms with Crippen molar-refractivity contribution in [2.24, 2.45) is 0 Å². The van der Waals surface area contributed by atoms with Gasteiger partial charge in [0.05, 0.1) is 28.4 Å². The van der Waals surface area contributed by atoms with Gasteiger partial charge in [-0.1, -0.05) is 0 Å². The average molecular weight is 632 g/mol. The molecule has 0 aliphatic heterocycles. The van der Waals surface area contributed by atoms with Crippen molar-refractivity contribution in [2.45, 2.75) is 11.8 Å². The number of halogens is 10.